The number of carbonyl (C=O) groups is 2. The Hall–Kier alpha value is -3.40. The van der Waals surface area contributed by atoms with Crippen LogP contribution >= 0.6 is 11.6 Å². The highest BCUT2D eigenvalue weighted by Crippen LogP contribution is 2.30. The fourth-order valence-electron chi connectivity index (χ4n) is 3.47. The first-order valence-corrected chi connectivity index (χ1v) is 11.5. The Morgan fingerprint density at radius 3 is 2.57 bits per heavy atom. The molecular weight excluding hydrogens is 470 g/mol. The molecule has 0 radical (unpaired) electrons. The zero-order valence-electron chi connectivity index (χ0n) is 20.1. The molecule has 0 atom stereocenters. The summed E-state index contributed by atoms with van der Waals surface area (Å²) in [5.74, 6) is 0.723. The van der Waals surface area contributed by atoms with Gasteiger partial charge in [-0.2, -0.15) is 4.98 Å². The Balaban J connectivity index is 1.99. The molecule has 0 aliphatic rings. The quantitative estimate of drug-likeness (QED) is 0.307. The zero-order chi connectivity index (χ0) is 25.4. The van der Waals surface area contributed by atoms with Gasteiger partial charge in [0.05, 0.1) is 6.54 Å². The lowest BCUT2D eigenvalue weighted by Crippen LogP contribution is -2.38. The zero-order valence-corrected chi connectivity index (χ0v) is 20.8. The maximum absolute atomic E-state index is 12.6. The number of nitrogens with one attached hydrogen (secondary N) is 1. The molecule has 10 heteroatoms. The molecule has 0 aliphatic carbocycles. The standard InChI is InChI=1S/C25H30ClN5O4/c1-29(2)15-19-6-4-7-21(14-19)35-25-28-23(30(3)24(34)27-12-5-13-32)22(17-33)31(25)16-18-8-10-20(26)11-9-18/h4,6-11,14,17,32H,5,12-13,15-16H2,1-3H3,(H,27,34). The molecule has 2 N–H and O–H groups in total. The van der Waals surface area contributed by atoms with Crippen molar-refractivity contribution in [3.63, 3.8) is 0 Å². The highest BCUT2D eigenvalue weighted by Gasteiger charge is 2.25. The molecule has 0 aliphatic heterocycles. The van der Waals surface area contributed by atoms with Crippen LogP contribution in [0.2, 0.25) is 5.02 Å². The number of amides is 2. The fourth-order valence-corrected chi connectivity index (χ4v) is 3.59. The van der Waals surface area contributed by atoms with Gasteiger partial charge >= 0.3 is 12.0 Å². The Morgan fingerprint density at radius 2 is 1.91 bits per heavy atom. The van der Waals surface area contributed by atoms with Gasteiger partial charge < -0.3 is 20.1 Å². The smallest absolute Gasteiger partial charge is 0.322 e. The van der Waals surface area contributed by atoms with Crippen molar-refractivity contribution in [1.82, 2.24) is 19.8 Å². The van der Waals surface area contributed by atoms with E-state index in [-0.39, 0.29) is 30.7 Å². The Bertz CT molecular complexity index is 1150. The molecule has 35 heavy (non-hydrogen) atoms. The number of ether oxygens (including phenoxy) is 1. The van der Waals surface area contributed by atoms with Crippen LogP contribution in [-0.2, 0) is 13.1 Å². The number of imidazole rings is 1. The molecule has 0 unspecified atom stereocenters. The summed E-state index contributed by atoms with van der Waals surface area (Å²) in [6, 6.07) is 14.6. The lowest BCUT2D eigenvalue weighted by Gasteiger charge is -2.16. The summed E-state index contributed by atoms with van der Waals surface area (Å²) in [5, 5.41) is 12.3. The van der Waals surface area contributed by atoms with Crippen LogP contribution in [0.15, 0.2) is 48.5 Å². The van der Waals surface area contributed by atoms with Gasteiger partial charge in [0.2, 0.25) is 0 Å². The first-order chi connectivity index (χ1) is 16.8. The van der Waals surface area contributed by atoms with Gasteiger partial charge in [0.25, 0.3) is 0 Å². The second kappa shape index (κ2) is 12.3. The Morgan fingerprint density at radius 1 is 1.17 bits per heavy atom. The highest BCUT2D eigenvalue weighted by atomic mass is 35.5. The third-order valence-corrected chi connectivity index (χ3v) is 5.41. The van der Waals surface area contributed by atoms with Crippen molar-refractivity contribution >= 4 is 29.7 Å². The number of rotatable bonds is 11. The van der Waals surface area contributed by atoms with Crippen molar-refractivity contribution in [3.05, 3.63) is 70.4 Å². The van der Waals surface area contributed by atoms with Crippen LogP contribution in [0.5, 0.6) is 11.8 Å². The number of halogens is 1. The summed E-state index contributed by atoms with van der Waals surface area (Å²) >= 11 is 6.02. The van der Waals surface area contributed by atoms with Crippen LogP contribution in [0.3, 0.4) is 0 Å². The monoisotopic (exact) mass is 499 g/mol. The van der Waals surface area contributed by atoms with Crippen LogP contribution in [0.4, 0.5) is 10.6 Å². The maximum Gasteiger partial charge on any atom is 0.322 e. The number of aldehydes is 1. The van der Waals surface area contributed by atoms with Crippen molar-refractivity contribution in [2.75, 3.05) is 39.2 Å². The molecular formula is C25H30ClN5O4. The van der Waals surface area contributed by atoms with Gasteiger partial charge in [-0.15, -0.1) is 0 Å². The minimum Gasteiger partial charge on any atom is -0.425 e. The number of anilines is 1. The summed E-state index contributed by atoms with van der Waals surface area (Å²) in [7, 11) is 5.49. The number of aliphatic hydroxyl groups is 1. The van der Waals surface area contributed by atoms with Crippen LogP contribution in [0.25, 0.3) is 0 Å². The van der Waals surface area contributed by atoms with Crippen LogP contribution in [-0.4, -0.2) is 66.2 Å². The summed E-state index contributed by atoms with van der Waals surface area (Å²) in [4.78, 5) is 32.6. The first kappa shape index (κ1) is 26.2. The molecule has 3 aromatic rings. The Kier molecular flexibility index (Phi) is 9.25. The predicted octanol–water partition coefficient (Wildman–Crippen LogP) is 3.78. The summed E-state index contributed by atoms with van der Waals surface area (Å²) in [6.07, 6.45) is 1.08. The van der Waals surface area contributed by atoms with Crippen LogP contribution < -0.4 is 15.0 Å². The summed E-state index contributed by atoms with van der Waals surface area (Å²) in [5.41, 5.74) is 2.13. The predicted molar refractivity (Wildman–Crippen MR) is 136 cm³/mol. The van der Waals surface area contributed by atoms with Gasteiger partial charge in [-0.3, -0.25) is 14.3 Å². The normalized spacial score (nSPS) is 10.9. The molecule has 1 heterocycles. The Labute approximate surface area is 209 Å². The van der Waals surface area contributed by atoms with Gasteiger partial charge in [-0.05, 0) is 55.9 Å². The number of benzene rings is 2. The third kappa shape index (κ3) is 7.05. The minimum absolute atomic E-state index is 0.0375. The SMILES string of the molecule is CN(C)Cc1cccc(Oc2nc(N(C)C(=O)NCCCO)c(C=O)n2Cc2ccc(Cl)cc2)c1. The molecule has 3 rings (SSSR count). The van der Waals surface area contributed by atoms with Crippen molar-refractivity contribution in [3.8, 4) is 11.8 Å². The molecule has 1 aromatic heterocycles. The van der Waals surface area contributed by atoms with Gasteiger partial charge in [-0.1, -0.05) is 35.9 Å². The number of nitrogens with zero attached hydrogens (tertiary/aromatic N) is 4. The van der Waals surface area contributed by atoms with E-state index in [1.165, 1.54) is 11.9 Å². The molecule has 9 nitrogen and oxygen atoms in total. The summed E-state index contributed by atoms with van der Waals surface area (Å²) in [6.45, 7) is 1.27. The van der Waals surface area contributed by atoms with E-state index in [4.69, 9.17) is 21.4 Å². The molecule has 0 fully saturated rings. The number of hydrogen-bond acceptors (Lipinski definition) is 6. The van der Waals surface area contributed by atoms with Crippen LogP contribution in [0.1, 0.15) is 28.0 Å². The van der Waals surface area contributed by atoms with E-state index in [9.17, 15) is 9.59 Å². The van der Waals surface area contributed by atoms with E-state index in [0.717, 1.165) is 17.7 Å². The van der Waals surface area contributed by atoms with Crippen molar-refractivity contribution < 1.29 is 19.4 Å². The topological polar surface area (TPSA) is 99.9 Å². The molecule has 0 saturated carbocycles. The lowest BCUT2D eigenvalue weighted by molar-refractivity contribution is 0.111. The maximum atomic E-state index is 12.6. The third-order valence-electron chi connectivity index (χ3n) is 5.16. The van der Waals surface area contributed by atoms with Gasteiger partial charge in [0, 0.05) is 31.8 Å². The number of aliphatic hydroxyl groups excluding tert-OH is 1. The van der Waals surface area contributed by atoms with Crippen molar-refractivity contribution in [2.24, 2.45) is 0 Å². The summed E-state index contributed by atoms with van der Waals surface area (Å²) < 4.78 is 7.76. The second-order valence-electron chi connectivity index (χ2n) is 8.29. The van der Waals surface area contributed by atoms with E-state index in [1.807, 2.05) is 55.4 Å². The largest absolute Gasteiger partial charge is 0.425 e. The fraction of sp³-hybridized carbons (Fsp3) is 0.320. The molecule has 2 amide bonds. The molecule has 186 valence electrons. The number of aromatic nitrogens is 2. The second-order valence-corrected chi connectivity index (χ2v) is 8.73. The number of urea groups is 1. The first-order valence-electron chi connectivity index (χ1n) is 11.2. The minimum atomic E-state index is -0.447. The molecule has 0 bridgehead atoms. The van der Waals surface area contributed by atoms with Gasteiger partial charge in [0.1, 0.15) is 11.4 Å². The van der Waals surface area contributed by atoms with E-state index in [1.54, 1.807) is 16.7 Å². The van der Waals surface area contributed by atoms with E-state index >= 15 is 0 Å². The van der Waals surface area contributed by atoms with Gasteiger partial charge in [-0.25, -0.2) is 4.79 Å². The lowest BCUT2D eigenvalue weighted by atomic mass is 10.2. The van der Waals surface area contributed by atoms with Crippen molar-refractivity contribution in [1.29, 1.82) is 0 Å². The number of carbonyl (C=O) groups excluding carboxylic acids is 2. The van der Waals surface area contributed by atoms with Crippen molar-refractivity contribution in [2.45, 2.75) is 19.5 Å². The average Bonchev–Trinajstić information content (AvgIpc) is 3.16. The van der Waals surface area contributed by atoms with E-state index in [2.05, 4.69) is 10.3 Å². The molecule has 2 aromatic carbocycles. The van der Waals surface area contributed by atoms with E-state index < -0.39 is 6.03 Å². The van der Waals surface area contributed by atoms with Crippen LogP contribution in [0, 0.1) is 0 Å². The average molecular weight is 500 g/mol. The molecule has 0 saturated heterocycles. The number of hydrogen-bond donors (Lipinski definition) is 2. The van der Waals surface area contributed by atoms with Gasteiger partial charge in [0.15, 0.2) is 12.1 Å². The van der Waals surface area contributed by atoms with E-state index in [0.29, 0.717) is 30.0 Å². The molecule has 0 spiro atoms. The highest BCUT2D eigenvalue weighted by molar-refractivity contribution is 6.30.